The van der Waals surface area contributed by atoms with Gasteiger partial charge in [0.2, 0.25) is 0 Å². The number of aromatic nitrogens is 1. The highest BCUT2D eigenvalue weighted by molar-refractivity contribution is 7.99. The molecule has 0 atom stereocenters. The summed E-state index contributed by atoms with van der Waals surface area (Å²) in [5.41, 5.74) is 3.37. The second-order valence-corrected chi connectivity index (χ2v) is 6.32. The standard InChI is InChI=1S/C15H23NOS/c1-4-5-8-18-10-15(17)14-9-11(2)16(12(14)3)13-6-7-13/h9,13H,4-8,10H2,1-3H3. The van der Waals surface area contributed by atoms with Gasteiger partial charge in [0.05, 0.1) is 5.75 Å². The molecule has 1 aliphatic rings. The van der Waals surface area contributed by atoms with Crippen molar-refractivity contribution in [1.29, 1.82) is 0 Å². The van der Waals surface area contributed by atoms with Gasteiger partial charge in [-0.2, -0.15) is 11.8 Å². The third-order valence-corrected chi connectivity index (χ3v) is 4.62. The summed E-state index contributed by atoms with van der Waals surface area (Å²) in [6.07, 6.45) is 4.96. The average Bonchev–Trinajstić information content (AvgIpc) is 3.11. The first-order valence-corrected chi connectivity index (χ1v) is 8.10. The van der Waals surface area contributed by atoms with Crippen LogP contribution in [-0.4, -0.2) is 21.9 Å². The number of unbranched alkanes of at least 4 members (excludes halogenated alkanes) is 1. The molecule has 100 valence electrons. The van der Waals surface area contributed by atoms with Crippen molar-refractivity contribution in [3.05, 3.63) is 23.0 Å². The number of thioether (sulfide) groups is 1. The molecular formula is C15H23NOS. The normalized spacial score (nSPS) is 15.1. The molecule has 1 fully saturated rings. The fourth-order valence-corrected chi connectivity index (χ4v) is 3.42. The van der Waals surface area contributed by atoms with Crippen molar-refractivity contribution in [2.24, 2.45) is 0 Å². The Morgan fingerprint density at radius 1 is 1.44 bits per heavy atom. The number of carbonyl (C=O) groups excluding carboxylic acids is 1. The SMILES string of the molecule is CCCCSCC(=O)c1cc(C)n(C2CC2)c1C. The number of rotatable bonds is 7. The Bertz CT molecular complexity index is 432. The van der Waals surface area contributed by atoms with Crippen molar-refractivity contribution in [2.75, 3.05) is 11.5 Å². The van der Waals surface area contributed by atoms with Gasteiger partial charge in [0, 0.05) is 23.0 Å². The molecule has 1 saturated carbocycles. The lowest BCUT2D eigenvalue weighted by molar-refractivity contribution is 0.102. The molecule has 0 aromatic carbocycles. The highest BCUT2D eigenvalue weighted by Gasteiger charge is 2.28. The molecule has 1 aromatic rings. The van der Waals surface area contributed by atoms with E-state index in [0.717, 1.165) is 11.3 Å². The van der Waals surface area contributed by atoms with E-state index in [1.165, 1.54) is 37.1 Å². The quantitative estimate of drug-likeness (QED) is 0.545. The zero-order valence-electron chi connectivity index (χ0n) is 11.7. The lowest BCUT2D eigenvalue weighted by atomic mass is 10.2. The Labute approximate surface area is 114 Å². The van der Waals surface area contributed by atoms with Gasteiger partial charge in [0.15, 0.2) is 5.78 Å². The molecule has 1 aromatic heterocycles. The van der Waals surface area contributed by atoms with Gasteiger partial charge in [-0.05, 0) is 44.9 Å². The maximum Gasteiger partial charge on any atom is 0.174 e. The number of ketones is 1. The van der Waals surface area contributed by atoms with E-state index in [1.807, 2.05) is 0 Å². The predicted octanol–water partition coefficient (Wildman–Crippen LogP) is 4.16. The van der Waals surface area contributed by atoms with Crippen LogP contribution in [0.25, 0.3) is 0 Å². The van der Waals surface area contributed by atoms with E-state index in [1.54, 1.807) is 11.8 Å². The highest BCUT2D eigenvalue weighted by Crippen LogP contribution is 2.38. The highest BCUT2D eigenvalue weighted by atomic mass is 32.2. The van der Waals surface area contributed by atoms with Crippen molar-refractivity contribution < 1.29 is 4.79 Å². The van der Waals surface area contributed by atoms with Gasteiger partial charge in [0.25, 0.3) is 0 Å². The monoisotopic (exact) mass is 265 g/mol. The largest absolute Gasteiger partial charge is 0.345 e. The molecule has 0 unspecified atom stereocenters. The van der Waals surface area contributed by atoms with E-state index in [9.17, 15) is 4.79 Å². The number of aryl methyl sites for hydroxylation is 1. The van der Waals surface area contributed by atoms with Crippen molar-refractivity contribution in [1.82, 2.24) is 4.57 Å². The summed E-state index contributed by atoms with van der Waals surface area (Å²) in [7, 11) is 0. The van der Waals surface area contributed by atoms with Crippen LogP contribution in [-0.2, 0) is 0 Å². The van der Waals surface area contributed by atoms with Crippen molar-refractivity contribution >= 4 is 17.5 Å². The van der Waals surface area contributed by atoms with Crippen LogP contribution in [0.1, 0.15) is 60.4 Å². The fourth-order valence-electron chi connectivity index (χ4n) is 2.44. The minimum Gasteiger partial charge on any atom is -0.345 e. The summed E-state index contributed by atoms with van der Waals surface area (Å²) in [5.74, 6) is 2.04. The zero-order chi connectivity index (χ0) is 13.1. The van der Waals surface area contributed by atoms with Crippen molar-refractivity contribution in [2.45, 2.75) is 52.5 Å². The third-order valence-electron chi connectivity index (χ3n) is 3.57. The minimum absolute atomic E-state index is 0.302. The van der Waals surface area contributed by atoms with Gasteiger partial charge in [-0.3, -0.25) is 4.79 Å². The van der Waals surface area contributed by atoms with Gasteiger partial charge in [0.1, 0.15) is 0 Å². The average molecular weight is 265 g/mol. The molecule has 18 heavy (non-hydrogen) atoms. The van der Waals surface area contributed by atoms with Crippen LogP contribution in [0.15, 0.2) is 6.07 Å². The summed E-state index contributed by atoms with van der Waals surface area (Å²) >= 11 is 1.77. The molecule has 0 aliphatic heterocycles. The van der Waals surface area contributed by atoms with E-state index < -0.39 is 0 Å². The maximum absolute atomic E-state index is 12.2. The second kappa shape index (κ2) is 5.96. The molecule has 0 radical (unpaired) electrons. The molecular weight excluding hydrogens is 242 g/mol. The third kappa shape index (κ3) is 3.00. The van der Waals surface area contributed by atoms with E-state index in [2.05, 4.69) is 31.4 Å². The fraction of sp³-hybridized carbons (Fsp3) is 0.667. The molecule has 1 aliphatic carbocycles. The Hall–Kier alpha value is -0.700. The molecule has 1 heterocycles. The summed E-state index contributed by atoms with van der Waals surface area (Å²) < 4.78 is 2.35. The summed E-state index contributed by atoms with van der Waals surface area (Å²) in [4.78, 5) is 12.2. The first-order chi connectivity index (χ1) is 8.65. The van der Waals surface area contributed by atoms with E-state index in [-0.39, 0.29) is 0 Å². The molecule has 2 rings (SSSR count). The van der Waals surface area contributed by atoms with Crippen LogP contribution >= 0.6 is 11.8 Å². The second-order valence-electron chi connectivity index (χ2n) is 5.22. The molecule has 0 amide bonds. The van der Waals surface area contributed by atoms with Gasteiger partial charge >= 0.3 is 0 Å². The van der Waals surface area contributed by atoms with Gasteiger partial charge in [-0.25, -0.2) is 0 Å². The van der Waals surface area contributed by atoms with Crippen LogP contribution in [0.2, 0.25) is 0 Å². The summed E-state index contributed by atoms with van der Waals surface area (Å²) in [6.45, 7) is 6.40. The number of nitrogens with zero attached hydrogens (tertiary/aromatic N) is 1. The van der Waals surface area contributed by atoms with Crippen LogP contribution in [0.4, 0.5) is 0 Å². The lowest BCUT2D eigenvalue weighted by Crippen LogP contribution is -2.06. The summed E-state index contributed by atoms with van der Waals surface area (Å²) in [6, 6.07) is 2.75. The van der Waals surface area contributed by atoms with Crippen LogP contribution < -0.4 is 0 Å². The van der Waals surface area contributed by atoms with Crippen molar-refractivity contribution in [3.8, 4) is 0 Å². The van der Waals surface area contributed by atoms with Gasteiger partial charge in [-0.15, -0.1) is 0 Å². The Balaban J connectivity index is 1.99. The molecule has 2 nitrogen and oxygen atoms in total. The topological polar surface area (TPSA) is 22.0 Å². The Morgan fingerprint density at radius 3 is 2.78 bits per heavy atom. The van der Waals surface area contributed by atoms with Crippen LogP contribution in [0.5, 0.6) is 0 Å². The number of hydrogen-bond acceptors (Lipinski definition) is 2. The van der Waals surface area contributed by atoms with E-state index in [0.29, 0.717) is 17.6 Å². The zero-order valence-corrected chi connectivity index (χ0v) is 12.5. The predicted molar refractivity (Wildman–Crippen MR) is 78.7 cm³/mol. The summed E-state index contributed by atoms with van der Waals surface area (Å²) in [5, 5.41) is 0. The number of Topliss-reactive ketones (excluding diaryl/α,β-unsaturated/α-hetero) is 1. The molecule has 0 spiro atoms. The van der Waals surface area contributed by atoms with E-state index in [4.69, 9.17) is 0 Å². The number of carbonyl (C=O) groups is 1. The van der Waals surface area contributed by atoms with E-state index >= 15 is 0 Å². The van der Waals surface area contributed by atoms with Gasteiger partial charge < -0.3 is 4.57 Å². The molecule has 3 heteroatoms. The first kappa shape index (κ1) is 13.7. The first-order valence-electron chi connectivity index (χ1n) is 6.94. The maximum atomic E-state index is 12.2. The molecule has 0 saturated heterocycles. The Morgan fingerprint density at radius 2 is 2.17 bits per heavy atom. The molecule has 0 N–H and O–H groups in total. The lowest BCUT2D eigenvalue weighted by Gasteiger charge is -2.07. The Kier molecular flexibility index (Phi) is 4.55. The van der Waals surface area contributed by atoms with Crippen LogP contribution in [0.3, 0.4) is 0 Å². The smallest absolute Gasteiger partial charge is 0.174 e. The van der Waals surface area contributed by atoms with Gasteiger partial charge in [-0.1, -0.05) is 13.3 Å². The minimum atomic E-state index is 0.302. The van der Waals surface area contributed by atoms with Crippen molar-refractivity contribution in [3.63, 3.8) is 0 Å². The van der Waals surface area contributed by atoms with Crippen LogP contribution in [0, 0.1) is 13.8 Å². The number of hydrogen-bond donors (Lipinski definition) is 0. The molecule has 0 bridgehead atoms.